The minimum atomic E-state index is 0.427. The Labute approximate surface area is 112 Å². The Balaban J connectivity index is 2.99. The van der Waals surface area contributed by atoms with E-state index < -0.39 is 0 Å². The molecule has 1 atom stereocenters. The van der Waals surface area contributed by atoms with E-state index in [0.717, 1.165) is 19.4 Å². The zero-order valence-electron chi connectivity index (χ0n) is 12.4. The molecule has 0 fully saturated rings. The first-order valence-corrected chi connectivity index (χ1v) is 6.80. The lowest BCUT2D eigenvalue weighted by Gasteiger charge is -2.22. The molecule has 1 N–H and O–H groups in total. The van der Waals surface area contributed by atoms with Crippen molar-refractivity contribution in [3.8, 4) is 11.8 Å². The maximum atomic E-state index is 3.59. The van der Waals surface area contributed by atoms with Gasteiger partial charge in [-0.1, -0.05) is 24.6 Å². The lowest BCUT2D eigenvalue weighted by Crippen LogP contribution is -2.22. The van der Waals surface area contributed by atoms with E-state index in [1.54, 1.807) is 0 Å². The summed E-state index contributed by atoms with van der Waals surface area (Å²) in [5, 5.41) is 3.59. The van der Waals surface area contributed by atoms with E-state index in [0.29, 0.717) is 6.04 Å². The quantitative estimate of drug-likeness (QED) is 0.769. The lowest BCUT2D eigenvalue weighted by atomic mass is 9.91. The van der Waals surface area contributed by atoms with Gasteiger partial charge in [0.2, 0.25) is 0 Å². The summed E-state index contributed by atoms with van der Waals surface area (Å²) >= 11 is 0. The Kier molecular flexibility index (Phi) is 5.95. The predicted octanol–water partition coefficient (Wildman–Crippen LogP) is 4.07. The number of aryl methyl sites for hydroxylation is 3. The van der Waals surface area contributed by atoms with Crippen molar-refractivity contribution in [2.45, 2.75) is 53.5 Å². The highest BCUT2D eigenvalue weighted by Gasteiger charge is 2.14. The van der Waals surface area contributed by atoms with Crippen LogP contribution in [0.25, 0.3) is 0 Å². The second-order valence-electron chi connectivity index (χ2n) is 4.89. The van der Waals surface area contributed by atoms with Crippen molar-refractivity contribution < 1.29 is 0 Å². The monoisotopic (exact) mass is 243 g/mol. The van der Waals surface area contributed by atoms with Gasteiger partial charge in [0.25, 0.3) is 0 Å². The van der Waals surface area contributed by atoms with Crippen LogP contribution in [0.2, 0.25) is 0 Å². The Morgan fingerprint density at radius 2 is 1.78 bits per heavy atom. The summed E-state index contributed by atoms with van der Waals surface area (Å²) in [6, 6.07) is 4.98. The molecular formula is C17H25N. The van der Waals surface area contributed by atoms with Crippen LogP contribution in [0.3, 0.4) is 0 Å². The van der Waals surface area contributed by atoms with Gasteiger partial charge in [0.15, 0.2) is 0 Å². The Bertz CT molecular complexity index is 425. The van der Waals surface area contributed by atoms with Crippen molar-refractivity contribution in [1.29, 1.82) is 0 Å². The van der Waals surface area contributed by atoms with Crippen molar-refractivity contribution in [3.05, 3.63) is 34.4 Å². The van der Waals surface area contributed by atoms with Crippen molar-refractivity contribution in [2.75, 3.05) is 6.54 Å². The molecule has 1 unspecified atom stereocenters. The van der Waals surface area contributed by atoms with Gasteiger partial charge in [0, 0.05) is 12.5 Å². The number of nitrogens with one attached hydrogen (secondary N) is 1. The Morgan fingerprint density at radius 3 is 2.28 bits per heavy atom. The van der Waals surface area contributed by atoms with Crippen LogP contribution in [0.4, 0.5) is 0 Å². The average Bonchev–Trinajstić information content (AvgIpc) is 2.28. The summed E-state index contributed by atoms with van der Waals surface area (Å²) in [7, 11) is 0. The molecule has 1 rings (SSSR count). The van der Waals surface area contributed by atoms with E-state index in [1.807, 2.05) is 6.92 Å². The molecule has 0 aliphatic heterocycles. The summed E-state index contributed by atoms with van der Waals surface area (Å²) < 4.78 is 0. The van der Waals surface area contributed by atoms with E-state index in [1.165, 1.54) is 22.3 Å². The van der Waals surface area contributed by atoms with E-state index in [9.17, 15) is 0 Å². The fourth-order valence-electron chi connectivity index (χ4n) is 2.68. The molecule has 0 bridgehead atoms. The smallest absolute Gasteiger partial charge is 0.0334 e. The first-order valence-electron chi connectivity index (χ1n) is 6.80. The van der Waals surface area contributed by atoms with Crippen LogP contribution in [0.15, 0.2) is 12.1 Å². The van der Waals surface area contributed by atoms with Crippen molar-refractivity contribution in [1.82, 2.24) is 5.32 Å². The second kappa shape index (κ2) is 7.24. The van der Waals surface area contributed by atoms with Crippen LogP contribution in [0, 0.1) is 32.6 Å². The Morgan fingerprint density at radius 1 is 1.17 bits per heavy atom. The predicted molar refractivity (Wildman–Crippen MR) is 79.8 cm³/mol. The molecule has 0 aliphatic rings. The maximum absolute atomic E-state index is 3.59. The highest BCUT2D eigenvalue weighted by Crippen LogP contribution is 2.26. The molecule has 1 aromatic rings. The lowest BCUT2D eigenvalue weighted by molar-refractivity contribution is 0.518. The van der Waals surface area contributed by atoms with Crippen molar-refractivity contribution in [2.24, 2.45) is 0 Å². The molecule has 0 aliphatic carbocycles. The maximum Gasteiger partial charge on any atom is 0.0334 e. The number of benzene rings is 1. The zero-order chi connectivity index (χ0) is 13.5. The summed E-state index contributed by atoms with van der Waals surface area (Å²) in [6.07, 6.45) is 2.04. The summed E-state index contributed by atoms with van der Waals surface area (Å²) in [5.74, 6) is 6.14. The first kappa shape index (κ1) is 14.8. The van der Waals surface area contributed by atoms with Crippen molar-refractivity contribution >= 4 is 0 Å². The van der Waals surface area contributed by atoms with Crippen LogP contribution in [-0.4, -0.2) is 6.54 Å². The van der Waals surface area contributed by atoms with Crippen LogP contribution >= 0.6 is 0 Å². The largest absolute Gasteiger partial charge is 0.310 e. The third-order valence-electron chi connectivity index (χ3n) is 3.27. The molecule has 0 amide bonds. The fraction of sp³-hybridized carbons (Fsp3) is 0.529. The van der Waals surface area contributed by atoms with Crippen molar-refractivity contribution in [3.63, 3.8) is 0 Å². The van der Waals surface area contributed by atoms with E-state index in [4.69, 9.17) is 0 Å². The molecule has 0 radical (unpaired) electrons. The van der Waals surface area contributed by atoms with Crippen LogP contribution in [0.5, 0.6) is 0 Å². The molecule has 98 valence electrons. The van der Waals surface area contributed by atoms with Gasteiger partial charge in [0.05, 0.1) is 0 Å². The van der Waals surface area contributed by atoms with Gasteiger partial charge in [-0.3, -0.25) is 0 Å². The topological polar surface area (TPSA) is 12.0 Å². The summed E-state index contributed by atoms with van der Waals surface area (Å²) in [5.41, 5.74) is 5.59. The number of hydrogen-bond donors (Lipinski definition) is 1. The van der Waals surface area contributed by atoms with Gasteiger partial charge in [-0.25, -0.2) is 0 Å². The molecule has 1 aromatic carbocycles. The SMILES string of the molecule is CC#CCCC(NCC)c1c(C)cc(C)cc1C. The standard InChI is InChI=1S/C17H25N/c1-6-8-9-10-16(18-7-2)17-14(4)11-13(3)12-15(17)5/h11-12,16,18H,7,9-10H2,1-5H3. The summed E-state index contributed by atoms with van der Waals surface area (Å²) in [6.45, 7) is 11.7. The molecule has 0 heterocycles. The van der Waals surface area contributed by atoms with Gasteiger partial charge < -0.3 is 5.32 Å². The summed E-state index contributed by atoms with van der Waals surface area (Å²) in [4.78, 5) is 0. The molecular weight excluding hydrogens is 218 g/mol. The molecule has 0 saturated heterocycles. The zero-order valence-corrected chi connectivity index (χ0v) is 12.4. The Hall–Kier alpha value is -1.26. The highest BCUT2D eigenvalue weighted by atomic mass is 14.9. The van der Waals surface area contributed by atoms with Gasteiger partial charge in [-0.15, -0.1) is 11.8 Å². The van der Waals surface area contributed by atoms with E-state index in [2.05, 4.69) is 57.0 Å². The molecule has 1 heteroatoms. The minimum absolute atomic E-state index is 0.427. The highest BCUT2D eigenvalue weighted by molar-refractivity contribution is 5.39. The fourth-order valence-corrected chi connectivity index (χ4v) is 2.68. The van der Waals surface area contributed by atoms with Gasteiger partial charge in [-0.05, 0) is 57.4 Å². The van der Waals surface area contributed by atoms with Gasteiger partial charge in [0.1, 0.15) is 0 Å². The van der Waals surface area contributed by atoms with E-state index >= 15 is 0 Å². The van der Waals surface area contributed by atoms with Crippen LogP contribution in [0.1, 0.15) is 55.0 Å². The van der Waals surface area contributed by atoms with Crippen LogP contribution in [-0.2, 0) is 0 Å². The van der Waals surface area contributed by atoms with E-state index in [-0.39, 0.29) is 0 Å². The third kappa shape index (κ3) is 3.89. The number of rotatable bonds is 5. The van der Waals surface area contributed by atoms with Gasteiger partial charge in [-0.2, -0.15) is 0 Å². The number of hydrogen-bond acceptors (Lipinski definition) is 1. The normalized spacial score (nSPS) is 11.8. The van der Waals surface area contributed by atoms with Crippen LogP contribution < -0.4 is 5.32 Å². The average molecular weight is 243 g/mol. The molecule has 1 nitrogen and oxygen atoms in total. The second-order valence-corrected chi connectivity index (χ2v) is 4.89. The molecule has 0 aromatic heterocycles. The minimum Gasteiger partial charge on any atom is -0.310 e. The molecule has 18 heavy (non-hydrogen) atoms. The molecule has 0 spiro atoms. The molecule has 0 saturated carbocycles. The van der Waals surface area contributed by atoms with Gasteiger partial charge >= 0.3 is 0 Å². The third-order valence-corrected chi connectivity index (χ3v) is 3.27. The first-order chi connectivity index (χ1) is 8.60.